The van der Waals surface area contributed by atoms with Gasteiger partial charge < -0.3 is 5.32 Å². The van der Waals surface area contributed by atoms with Crippen molar-refractivity contribution in [2.75, 3.05) is 0 Å². The summed E-state index contributed by atoms with van der Waals surface area (Å²) in [7, 11) is 0. The maximum Gasteiger partial charge on any atom is 0.434 e. The monoisotopic (exact) mass is 482 g/mol. The molecule has 0 radical (unpaired) electrons. The summed E-state index contributed by atoms with van der Waals surface area (Å²) in [6.07, 6.45) is -13.6. The van der Waals surface area contributed by atoms with Crippen molar-refractivity contribution in [1.29, 1.82) is 0 Å². The van der Waals surface area contributed by atoms with Crippen LogP contribution in [0.1, 0.15) is 32.7 Å². The van der Waals surface area contributed by atoms with E-state index in [4.69, 9.17) is 0 Å². The van der Waals surface area contributed by atoms with E-state index in [0.29, 0.717) is 24.5 Å². The number of carbonyl (C=O) groups excluding carboxylic acids is 1. The first-order chi connectivity index (χ1) is 15.2. The van der Waals surface area contributed by atoms with Gasteiger partial charge in [0.2, 0.25) is 0 Å². The lowest BCUT2D eigenvalue weighted by atomic mass is 10.1. The molecule has 0 aliphatic heterocycles. The van der Waals surface area contributed by atoms with Crippen LogP contribution in [0, 0.1) is 0 Å². The van der Waals surface area contributed by atoms with E-state index < -0.39 is 59.2 Å². The predicted octanol–water partition coefficient (Wildman–Crippen LogP) is 5.25. The van der Waals surface area contributed by atoms with Crippen molar-refractivity contribution in [3.63, 3.8) is 0 Å². The average molecular weight is 482 g/mol. The van der Waals surface area contributed by atoms with Crippen molar-refractivity contribution in [3.05, 3.63) is 76.7 Å². The summed E-state index contributed by atoms with van der Waals surface area (Å²) in [6, 6.07) is 4.75. The van der Waals surface area contributed by atoms with E-state index in [-0.39, 0.29) is 10.2 Å². The minimum Gasteiger partial charge on any atom is -0.348 e. The Morgan fingerprint density at radius 3 is 1.85 bits per heavy atom. The molecule has 14 heteroatoms. The number of aromatic nitrogens is 3. The molecule has 0 spiro atoms. The molecule has 0 unspecified atom stereocenters. The second-order valence-electron chi connectivity index (χ2n) is 6.60. The average Bonchev–Trinajstić information content (AvgIpc) is 3.17. The van der Waals surface area contributed by atoms with Crippen LogP contribution in [-0.4, -0.2) is 20.7 Å². The van der Waals surface area contributed by atoms with Crippen LogP contribution in [0.4, 0.5) is 39.5 Å². The first kappa shape index (κ1) is 24.1. The number of nitrogens with one attached hydrogen (secondary N) is 1. The smallest absolute Gasteiger partial charge is 0.348 e. The van der Waals surface area contributed by atoms with Crippen LogP contribution in [0.2, 0.25) is 0 Å². The summed E-state index contributed by atoms with van der Waals surface area (Å²) in [5.41, 5.74) is -4.48. The SMILES string of the molecule is O=C(NCc1ccc(C(F)(F)F)cc1)c1cnn(-c2ccc(C(F)(F)F)cn2)c1C(F)(F)F. The number of alkyl halides is 9. The Morgan fingerprint density at radius 1 is 0.788 bits per heavy atom. The number of rotatable bonds is 4. The van der Waals surface area contributed by atoms with Crippen LogP contribution in [0.3, 0.4) is 0 Å². The van der Waals surface area contributed by atoms with E-state index in [1.165, 1.54) is 0 Å². The molecular weight excluding hydrogens is 471 g/mol. The number of amides is 1. The van der Waals surface area contributed by atoms with Gasteiger partial charge in [0.15, 0.2) is 11.5 Å². The van der Waals surface area contributed by atoms with Gasteiger partial charge in [-0.05, 0) is 29.8 Å². The maximum absolute atomic E-state index is 13.6. The van der Waals surface area contributed by atoms with E-state index in [1.54, 1.807) is 0 Å². The summed E-state index contributed by atoms with van der Waals surface area (Å²) in [4.78, 5) is 15.7. The summed E-state index contributed by atoms with van der Waals surface area (Å²) in [5.74, 6) is -1.86. The number of halogens is 9. The second kappa shape index (κ2) is 8.41. The zero-order valence-corrected chi connectivity index (χ0v) is 16.0. The molecule has 5 nitrogen and oxygen atoms in total. The molecule has 2 heterocycles. The summed E-state index contributed by atoms with van der Waals surface area (Å²) >= 11 is 0. The van der Waals surface area contributed by atoms with Crippen LogP contribution in [0.5, 0.6) is 0 Å². The third-order valence-corrected chi connectivity index (χ3v) is 4.31. The lowest BCUT2D eigenvalue weighted by Crippen LogP contribution is -2.26. The van der Waals surface area contributed by atoms with Crippen LogP contribution < -0.4 is 5.32 Å². The number of carbonyl (C=O) groups is 1. The molecule has 176 valence electrons. The van der Waals surface area contributed by atoms with Gasteiger partial charge in [0.1, 0.15) is 0 Å². The van der Waals surface area contributed by atoms with E-state index in [2.05, 4.69) is 15.4 Å². The van der Waals surface area contributed by atoms with Gasteiger partial charge in [-0.25, -0.2) is 9.67 Å². The minimum absolute atomic E-state index is 0.174. The first-order valence-electron chi connectivity index (χ1n) is 8.81. The van der Waals surface area contributed by atoms with Crippen LogP contribution in [-0.2, 0) is 25.1 Å². The van der Waals surface area contributed by atoms with Crippen molar-refractivity contribution in [1.82, 2.24) is 20.1 Å². The molecule has 0 aliphatic carbocycles. The van der Waals surface area contributed by atoms with Crippen LogP contribution >= 0.6 is 0 Å². The fraction of sp³-hybridized carbons (Fsp3) is 0.211. The summed E-state index contributed by atoms with van der Waals surface area (Å²) < 4.78 is 117. The van der Waals surface area contributed by atoms with Gasteiger partial charge in [0.25, 0.3) is 5.91 Å². The minimum atomic E-state index is -5.14. The highest BCUT2D eigenvalue weighted by Gasteiger charge is 2.41. The van der Waals surface area contributed by atoms with Crippen LogP contribution in [0.15, 0.2) is 48.8 Å². The number of hydrogen-bond donors (Lipinski definition) is 1. The highest BCUT2D eigenvalue weighted by atomic mass is 19.4. The molecule has 0 aliphatic rings. The maximum atomic E-state index is 13.6. The van der Waals surface area contributed by atoms with Gasteiger partial charge >= 0.3 is 18.5 Å². The van der Waals surface area contributed by atoms with Crippen molar-refractivity contribution in [3.8, 4) is 5.82 Å². The third kappa shape index (κ3) is 5.43. The van der Waals surface area contributed by atoms with Crippen molar-refractivity contribution >= 4 is 5.91 Å². The van der Waals surface area contributed by atoms with Crippen LogP contribution in [0.25, 0.3) is 5.82 Å². The molecule has 33 heavy (non-hydrogen) atoms. The fourth-order valence-corrected chi connectivity index (χ4v) is 2.73. The Labute approximate surface area is 178 Å². The topological polar surface area (TPSA) is 59.8 Å². The molecule has 0 atom stereocenters. The Balaban J connectivity index is 1.85. The quantitative estimate of drug-likeness (QED) is 0.517. The van der Waals surface area contributed by atoms with Gasteiger partial charge in [-0.2, -0.15) is 44.6 Å². The first-order valence-corrected chi connectivity index (χ1v) is 8.81. The molecule has 0 fully saturated rings. The standard InChI is InChI=1S/C19H11F9N4O/c20-17(21,22)11-3-1-10(2-4-11)7-30-16(33)13-9-31-32(15(13)19(26,27)28)14-6-5-12(8-29-14)18(23,24)25/h1-6,8-9H,7H2,(H,30,33). The van der Waals surface area contributed by atoms with E-state index in [1.807, 2.05) is 0 Å². The number of benzene rings is 1. The van der Waals surface area contributed by atoms with Crippen molar-refractivity contribution in [2.45, 2.75) is 25.1 Å². The van der Waals surface area contributed by atoms with Gasteiger partial charge in [0.05, 0.1) is 22.9 Å². The van der Waals surface area contributed by atoms with Gasteiger partial charge in [-0.3, -0.25) is 4.79 Å². The van der Waals surface area contributed by atoms with E-state index in [0.717, 1.165) is 24.3 Å². The second-order valence-corrected chi connectivity index (χ2v) is 6.60. The van der Waals surface area contributed by atoms with Gasteiger partial charge in [0, 0.05) is 12.7 Å². The van der Waals surface area contributed by atoms with E-state index >= 15 is 0 Å². The Kier molecular flexibility index (Phi) is 6.13. The summed E-state index contributed by atoms with van der Waals surface area (Å²) in [6.45, 7) is -0.391. The molecule has 3 aromatic rings. The molecule has 0 saturated carbocycles. The van der Waals surface area contributed by atoms with Crippen molar-refractivity contribution in [2.24, 2.45) is 0 Å². The van der Waals surface area contributed by atoms with Gasteiger partial charge in [-0.1, -0.05) is 12.1 Å². The number of hydrogen-bond acceptors (Lipinski definition) is 3. The predicted molar refractivity (Wildman–Crippen MR) is 94.0 cm³/mol. The molecule has 0 bridgehead atoms. The van der Waals surface area contributed by atoms with Crippen molar-refractivity contribution < 1.29 is 44.3 Å². The molecule has 1 aromatic carbocycles. The molecule has 3 rings (SSSR count). The largest absolute Gasteiger partial charge is 0.434 e. The molecule has 1 N–H and O–H groups in total. The fourth-order valence-electron chi connectivity index (χ4n) is 2.73. The molecule has 1 amide bonds. The molecule has 0 saturated heterocycles. The Morgan fingerprint density at radius 2 is 1.36 bits per heavy atom. The third-order valence-electron chi connectivity index (χ3n) is 4.31. The number of nitrogens with zero attached hydrogens (tertiary/aromatic N) is 3. The zero-order chi connectivity index (χ0) is 24.6. The molecular formula is C19H11F9N4O. The summed E-state index contributed by atoms with van der Waals surface area (Å²) in [5, 5.41) is 5.56. The lowest BCUT2D eigenvalue weighted by molar-refractivity contribution is -0.143. The molecule has 2 aromatic heterocycles. The highest BCUT2D eigenvalue weighted by Crippen LogP contribution is 2.34. The van der Waals surface area contributed by atoms with E-state index in [9.17, 15) is 44.3 Å². The number of pyridine rings is 1. The zero-order valence-electron chi connectivity index (χ0n) is 16.0. The normalized spacial score (nSPS) is 12.6. The lowest BCUT2D eigenvalue weighted by Gasteiger charge is -2.13. The Hall–Kier alpha value is -3.58. The Bertz CT molecular complexity index is 1130. The van der Waals surface area contributed by atoms with Gasteiger partial charge in [-0.15, -0.1) is 0 Å². The highest BCUT2D eigenvalue weighted by molar-refractivity contribution is 5.95.